The molecule has 0 saturated carbocycles. The highest BCUT2D eigenvalue weighted by Crippen LogP contribution is 2.19. The average Bonchev–Trinajstić information content (AvgIpc) is 2.39. The third-order valence-electron chi connectivity index (χ3n) is 3.53. The van der Waals surface area contributed by atoms with E-state index in [1.807, 2.05) is 0 Å². The van der Waals surface area contributed by atoms with E-state index in [9.17, 15) is 0 Å². The summed E-state index contributed by atoms with van der Waals surface area (Å²) in [5.41, 5.74) is 2.86. The highest BCUT2D eigenvalue weighted by Gasteiger charge is 2.04. The summed E-state index contributed by atoms with van der Waals surface area (Å²) in [4.78, 5) is 2.36. The lowest BCUT2D eigenvalue weighted by Gasteiger charge is -2.17. The van der Waals surface area contributed by atoms with Gasteiger partial charge in [-0.1, -0.05) is 45.0 Å². The molecule has 0 heterocycles. The van der Waals surface area contributed by atoms with Crippen LogP contribution in [0.1, 0.15) is 44.2 Å². The summed E-state index contributed by atoms with van der Waals surface area (Å²) in [5, 5.41) is 3.35. The smallest absolute Gasteiger partial charge is 0.0231 e. The van der Waals surface area contributed by atoms with Crippen molar-refractivity contribution in [2.24, 2.45) is 0 Å². The SMILES string of the molecule is CCNCCN(C)Cc1ccc(C(C)CC)cc1. The van der Waals surface area contributed by atoms with Gasteiger partial charge in [0.05, 0.1) is 0 Å². The fraction of sp³-hybridized carbons (Fsp3) is 0.625. The molecule has 0 radical (unpaired) electrons. The largest absolute Gasteiger partial charge is 0.316 e. The summed E-state index contributed by atoms with van der Waals surface area (Å²) in [6.07, 6.45) is 1.21. The highest BCUT2D eigenvalue weighted by molar-refractivity contribution is 5.24. The molecule has 0 saturated heterocycles. The van der Waals surface area contributed by atoms with Crippen LogP contribution < -0.4 is 5.32 Å². The minimum Gasteiger partial charge on any atom is -0.316 e. The second-order valence-electron chi connectivity index (χ2n) is 5.14. The van der Waals surface area contributed by atoms with E-state index >= 15 is 0 Å². The van der Waals surface area contributed by atoms with E-state index in [0.29, 0.717) is 5.92 Å². The van der Waals surface area contributed by atoms with E-state index in [4.69, 9.17) is 0 Å². The van der Waals surface area contributed by atoms with E-state index in [1.54, 1.807) is 0 Å². The van der Waals surface area contributed by atoms with E-state index < -0.39 is 0 Å². The molecule has 18 heavy (non-hydrogen) atoms. The third-order valence-corrected chi connectivity index (χ3v) is 3.53. The fourth-order valence-corrected chi connectivity index (χ4v) is 2.02. The Morgan fingerprint density at radius 1 is 1.17 bits per heavy atom. The Labute approximate surface area is 112 Å². The molecule has 102 valence electrons. The molecular weight excluding hydrogens is 220 g/mol. The zero-order valence-corrected chi connectivity index (χ0v) is 12.4. The van der Waals surface area contributed by atoms with Gasteiger partial charge in [-0.3, -0.25) is 0 Å². The van der Waals surface area contributed by atoms with Gasteiger partial charge in [0.1, 0.15) is 0 Å². The number of hydrogen-bond donors (Lipinski definition) is 1. The molecule has 1 aromatic carbocycles. The van der Waals surface area contributed by atoms with Crippen molar-refractivity contribution >= 4 is 0 Å². The fourth-order valence-electron chi connectivity index (χ4n) is 2.02. The summed E-state index contributed by atoms with van der Waals surface area (Å²) in [5.74, 6) is 0.672. The van der Waals surface area contributed by atoms with Crippen LogP contribution in [-0.2, 0) is 6.54 Å². The van der Waals surface area contributed by atoms with E-state index in [1.165, 1.54) is 17.5 Å². The molecule has 0 aliphatic carbocycles. The quantitative estimate of drug-likeness (QED) is 0.711. The van der Waals surface area contributed by atoms with Crippen molar-refractivity contribution in [3.63, 3.8) is 0 Å². The molecule has 0 amide bonds. The molecule has 1 aromatic rings. The summed E-state index contributed by atoms with van der Waals surface area (Å²) >= 11 is 0. The first-order chi connectivity index (χ1) is 8.67. The Balaban J connectivity index is 2.43. The Morgan fingerprint density at radius 2 is 1.83 bits per heavy atom. The van der Waals surface area contributed by atoms with Crippen LogP contribution in [0.15, 0.2) is 24.3 Å². The van der Waals surface area contributed by atoms with Gasteiger partial charge in [0.15, 0.2) is 0 Å². The summed E-state index contributed by atoms with van der Waals surface area (Å²) < 4.78 is 0. The van der Waals surface area contributed by atoms with Crippen LogP contribution in [0.3, 0.4) is 0 Å². The second-order valence-corrected chi connectivity index (χ2v) is 5.14. The Morgan fingerprint density at radius 3 is 2.39 bits per heavy atom. The molecule has 1 N–H and O–H groups in total. The Bertz CT molecular complexity index is 318. The van der Waals surface area contributed by atoms with Gasteiger partial charge in [0.25, 0.3) is 0 Å². The normalized spacial score (nSPS) is 12.9. The van der Waals surface area contributed by atoms with Gasteiger partial charge in [-0.2, -0.15) is 0 Å². The average molecular weight is 248 g/mol. The molecule has 0 aromatic heterocycles. The van der Waals surface area contributed by atoms with Crippen LogP contribution in [0.2, 0.25) is 0 Å². The molecule has 0 bridgehead atoms. The summed E-state index contributed by atoms with van der Waals surface area (Å²) in [6, 6.07) is 9.10. The van der Waals surface area contributed by atoms with Crippen LogP contribution >= 0.6 is 0 Å². The van der Waals surface area contributed by atoms with Crippen molar-refractivity contribution in [2.75, 3.05) is 26.7 Å². The van der Waals surface area contributed by atoms with Crippen LogP contribution in [0, 0.1) is 0 Å². The minimum atomic E-state index is 0.672. The second kappa shape index (κ2) is 8.28. The lowest BCUT2D eigenvalue weighted by Crippen LogP contribution is -2.28. The number of nitrogens with one attached hydrogen (secondary N) is 1. The van der Waals surface area contributed by atoms with Gasteiger partial charge in [-0.25, -0.2) is 0 Å². The summed E-state index contributed by atoms with van der Waals surface area (Å²) in [6.45, 7) is 10.9. The van der Waals surface area contributed by atoms with Crippen LogP contribution in [0.25, 0.3) is 0 Å². The monoisotopic (exact) mass is 248 g/mol. The van der Waals surface area contributed by atoms with Gasteiger partial charge < -0.3 is 10.2 Å². The predicted molar refractivity (Wildman–Crippen MR) is 80.0 cm³/mol. The first-order valence-electron chi connectivity index (χ1n) is 7.15. The van der Waals surface area contributed by atoms with Crippen LogP contribution in [0.4, 0.5) is 0 Å². The van der Waals surface area contributed by atoms with Crippen LogP contribution in [-0.4, -0.2) is 31.6 Å². The van der Waals surface area contributed by atoms with E-state index in [-0.39, 0.29) is 0 Å². The maximum Gasteiger partial charge on any atom is 0.0231 e. The topological polar surface area (TPSA) is 15.3 Å². The standard InChI is InChI=1S/C16H28N2/c1-5-14(3)16-9-7-15(8-10-16)13-18(4)12-11-17-6-2/h7-10,14,17H,5-6,11-13H2,1-4H3. The van der Waals surface area contributed by atoms with Gasteiger partial charge in [0, 0.05) is 19.6 Å². The number of rotatable bonds is 8. The first-order valence-corrected chi connectivity index (χ1v) is 7.15. The number of nitrogens with zero attached hydrogens (tertiary/aromatic N) is 1. The maximum atomic E-state index is 3.35. The molecular formula is C16H28N2. The lowest BCUT2D eigenvalue weighted by atomic mass is 9.97. The lowest BCUT2D eigenvalue weighted by molar-refractivity contribution is 0.325. The van der Waals surface area contributed by atoms with Crippen molar-refractivity contribution in [3.05, 3.63) is 35.4 Å². The van der Waals surface area contributed by atoms with Gasteiger partial charge in [0.2, 0.25) is 0 Å². The molecule has 1 unspecified atom stereocenters. The minimum absolute atomic E-state index is 0.672. The Hall–Kier alpha value is -0.860. The van der Waals surface area contributed by atoms with E-state index in [2.05, 4.69) is 62.3 Å². The molecule has 1 rings (SSSR count). The predicted octanol–water partition coefficient (Wildman–Crippen LogP) is 3.24. The molecule has 2 nitrogen and oxygen atoms in total. The number of benzene rings is 1. The number of hydrogen-bond acceptors (Lipinski definition) is 2. The molecule has 2 heteroatoms. The molecule has 1 atom stereocenters. The number of likely N-dealkylation sites (N-methyl/N-ethyl adjacent to an activating group) is 2. The molecule has 0 fully saturated rings. The third kappa shape index (κ3) is 5.19. The van der Waals surface area contributed by atoms with E-state index in [0.717, 1.165) is 26.2 Å². The Kier molecular flexibility index (Phi) is 6.99. The van der Waals surface area contributed by atoms with Gasteiger partial charge in [-0.15, -0.1) is 0 Å². The molecule has 0 aliphatic heterocycles. The molecule has 0 spiro atoms. The van der Waals surface area contributed by atoms with Crippen molar-refractivity contribution < 1.29 is 0 Å². The maximum absolute atomic E-state index is 3.35. The van der Waals surface area contributed by atoms with Crippen LogP contribution in [0.5, 0.6) is 0 Å². The van der Waals surface area contributed by atoms with Gasteiger partial charge in [-0.05, 0) is 37.1 Å². The van der Waals surface area contributed by atoms with Crippen molar-refractivity contribution in [3.8, 4) is 0 Å². The van der Waals surface area contributed by atoms with Gasteiger partial charge >= 0.3 is 0 Å². The van der Waals surface area contributed by atoms with Crippen molar-refractivity contribution in [2.45, 2.75) is 39.7 Å². The van der Waals surface area contributed by atoms with Crippen molar-refractivity contribution in [1.82, 2.24) is 10.2 Å². The highest BCUT2D eigenvalue weighted by atomic mass is 15.1. The summed E-state index contributed by atoms with van der Waals surface area (Å²) in [7, 11) is 2.18. The zero-order chi connectivity index (χ0) is 13.4. The molecule has 0 aliphatic rings. The zero-order valence-electron chi connectivity index (χ0n) is 12.4. The first kappa shape index (κ1) is 15.2. The van der Waals surface area contributed by atoms with Crippen molar-refractivity contribution in [1.29, 1.82) is 0 Å².